The fourth-order valence-corrected chi connectivity index (χ4v) is 2.78. The zero-order valence-corrected chi connectivity index (χ0v) is 15.7. The molecule has 0 saturated carbocycles. The highest BCUT2D eigenvalue weighted by atomic mass is 35.5. The number of aromatic nitrogens is 4. The number of halogens is 1. The second-order valence-electron chi connectivity index (χ2n) is 5.19. The predicted octanol–water partition coefficient (Wildman–Crippen LogP) is 3.85. The number of benzene rings is 1. The molecule has 2 heterocycles. The van der Waals surface area contributed by atoms with Crippen LogP contribution in [0.2, 0.25) is 5.02 Å². The van der Waals surface area contributed by atoms with E-state index in [2.05, 4.69) is 21.1 Å². The van der Waals surface area contributed by atoms with Crippen molar-refractivity contribution < 1.29 is 4.74 Å². The number of hydrogen-bond donors (Lipinski definition) is 1. The minimum Gasteiger partial charge on any atom is -0.439 e. The van der Waals surface area contributed by atoms with Crippen LogP contribution in [-0.2, 0) is 6.42 Å². The maximum absolute atomic E-state index is 9.31. The Labute approximate surface area is 159 Å². The Morgan fingerprint density at radius 2 is 2.04 bits per heavy atom. The number of nitrogen functional groups attached to an aromatic ring is 1. The molecule has 0 spiro atoms. The Kier molecular flexibility index (Phi) is 5.30. The van der Waals surface area contributed by atoms with Gasteiger partial charge in [0.1, 0.15) is 23.2 Å². The molecule has 1 aromatic carbocycles. The van der Waals surface area contributed by atoms with Crippen LogP contribution >= 0.6 is 23.4 Å². The first-order valence-electron chi connectivity index (χ1n) is 7.70. The number of nitrogens with zero attached hydrogens (tertiary/aromatic N) is 5. The van der Waals surface area contributed by atoms with E-state index in [1.54, 1.807) is 30.3 Å². The molecule has 0 aliphatic rings. The van der Waals surface area contributed by atoms with Crippen molar-refractivity contribution in [3.8, 4) is 23.5 Å². The third-order valence-corrected chi connectivity index (χ3v) is 4.34. The second kappa shape index (κ2) is 7.64. The predicted molar refractivity (Wildman–Crippen MR) is 101 cm³/mol. The summed E-state index contributed by atoms with van der Waals surface area (Å²) in [7, 11) is 0. The van der Waals surface area contributed by atoms with Crippen LogP contribution in [-0.4, -0.2) is 26.0 Å². The lowest BCUT2D eigenvalue weighted by Gasteiger charge is -2.09. The normalized spacial score (nSPS) is 10.5. The number of nitriles is 1. The molecule has 0 unspecified atom stereocenters. The van der Waals surface area contributed by atoms with E-state index < -0.39 is 0 Å². The maximum atomic E-state index is 9.31. The lowest BCUT2D eigenvalue weighted by atomic mass is 10.2. The van der Waals surface area contributed by atoms with E-state index in [1.807, 2.05) is 13.2 Å². The van der Waals surface area contributed by atoms with Crippen molar-refractivity contribution in [1.82, 2.24) is 19.7 Å². The van der Waals surface area contributed by atoms with Gasteiger partial charge in [-0.25, -0.2) is 4.98 Å². The van der Waals surface area contributed by atoms with Crippen molar-refractivity contribution in [2.45, 2.75) is 18.5 Å². The number of ether oxygens (including phenoxy) is 1. The molecule has 0 aliphatic heterocycles. The van der Waals surface area contributed by atoms with Gasteiger partial charge in [0.15, 0.2) is 11.0 Å². The van der Waals surface area contributed by atoms with E-state index in [9.17, 15) is 5.26 Å². The highest BCUT2D eigenvalue weighted by Gasteiger charge is 2.18. The molecule has 3 aromatic rings. The van der Waals surface area contributed by atoms with E-state index in [-0.39, 0.29) is 5.82 Å². The van der Waals surface area contributed by atoms with Gasteiger partial charge in [0.25, 0.3) is 0 Å². The topological polar surface area (TPSA) is 103 Å². The standard InChI is InChI=1S/C17H15ClN6OS/c1-3-13-12(9-19)16(20)24(23-13)14-8-15(22-17(21-14)26-2)25-11-6-4-10(18)5-7-11/h4-8H,3,20H2,1-2H3. The van der Waals surface area contributed by atoms with E-state index in [0.29, 0.717) is 45.3 Å². The van der Waals surface area contributed by atoms with Gasteiger partial charge in [-0.15, -0.1) is 0 Å². The Morgan fingerprint density at radius 1 is 1.31 bits per heavy atom. The molecule has 132 valence electrons. The number of anilines is 1. The largest absolute Gasteiger partial charge is 0.439 e. The van der Waals surface area contributed by atoms with Crippen molar-refractivity contribution in [2.24, 2.45) is 0 Å². The summed E-state index contributed by atoms with van der Waals surface area (Å²) in [6.07, 6.45) is 2.45. The van der Waals surface area contributed by atoms with Gasteiger partial charge >= 0.3 is 0 Å². The number of aryl methyl sites for hydroxylation is 1. The van der Waals surface area contributed by atoms with Crippen LogP contribution in [0.15, 0.2) is 35.5 Å². The molecular weight excluding hydrogens is 372 g/mol. The van der Waals surface area contributed by atoms with Crippen LogP contribution in [0.3, 0.4) is 0 Å². The van der Waals surface area contributed by atoms with Crippen molar-refractivity contribution >= 4 is 29.2 Å². The molecule has 0 bridgehead atoms. The lowest BCUT2D eigenvalue weighted by molar-refractivity contribution is 0.454. The van der Waals surface area contributed by atoms with Crippen LogP contribution < -0.4 is 10.5 Å². The number of hydrogen-bond acceptors (Lipinski definition) is 7. The highest BCUT2D eigenvalue weighted by molar-refractivity contribution is 7.98. The first kappa shape index (κ1) is 18.0. The zero-order valence-electron chi connectivity index (χ0n) is 14.1. The Bertz CT molecular complexity index is 980. The Hall–Kier alpha value is -2.76. The van der Waals surface area contributed by atoms with Crippen LogP contribution in [0.5, 0.6) is 11.6 Å². The van der Waals surface area contributed by atoms with E-state index >= 15 is 0 Å². The Morgan fingerprint density at radius 3 is 2.62 bits per heavy atom. The molecule has 0 radical (unpaired) electrons. The summed E-state index contributed by atoms with van der Waals surface area (Å²) < 4.78 is 7.24. The van der Waals surface area contributed by atoms with Crippen LogP contribution in [0.4, 0.5) is 5.82 Å². The summed E-state index contributed by atoms with van der Waals surface area (Å²) >= 11 is 7.26. The van der Waals surface area contributed by atoms with Gasteiger partial charge in [0.2, 0.25) is 5.88 Å². The molecule has 0 atom stereocenters. The van der Waals surface area contributed by atoms with Crippen molar-refractivity contribution in [3.63, 3.8) is 0 Å². The molecular formula is C17H15ClN6OS. The average Bonchev–Trinajstić information content (AvgIpc) is 2.99. The molecule has 0 aliphatic carbocycles. The molecule has 0 amide bonds. The number of nitrogens with two attached hydrogens (primary N) is 1. The van der Waals surface area contributed by atoms with Crippen molar-refractivity contribution in [1.29, 1.82) is 5.26 Å². The fraction of sp³-hybridized carbons (Fsp3) is 0.176. The summed E-state index contributed by atoms with van der Waals surface area (Å²) in [5.74, 6) is 1.61. The monoisotopic (exact) mass is 386 g/mol. The van der Waals surface area contributed by atoms with Gasteiger partial charge in [0.05, 0.1) is 5.69 Å². The zero-order chi connectivity index (χ0) is 18.7. The van der Waals surface area contributed by atoms with E-state index in [1.165, 1.54) is 16.4 Å². The summed E-state index contributed by atoms with van der Waals surface area (Å²) in [6.45, 7) is 1.91. The first-order chi connectivity index (χ1) is 12.5. The van der Waals surface area contributed by atoms with Crippen LogP contribution in [0.1, 0.15) is 18.2 Å². The van der Waals surface area contributed by atoms with Crippen LogP contribution in [0.25, 0.3) is 5.82 Å². The van der Waals surface area contributed by atoms with Crippen molar-refractivity contribution in [3.05, 3.63) is 46.6 Å². The summed E-state index contributed by atoms with van der Waals surface area (Å²) in [6, 6.07) is 10.7. The second-order valence-corrected chi connectivity index (χ2v) is 6.40. The quantitative estimate of drug-likeness (QED) is 0.524. The summed E-state index contributed by atoms with van der Waals surface area (Å²) in [5.41, 5.74) is 7.07. The number of thioether (sulfide) groups is 1. The fourth-order valence-electron chi connectivity index (χ4n) is 2.29. The smallest absolute Gasteiger partial charge is 0.225 e. The summed E-state index contributed by atoms with van der Waals surface area (Å²) in [4.78, 5) is 8.77. The Balaban J connectivity index is 2.04. The van der Waals surface area contributed by atoms with Gasteiger partial charge in [-0.2, -0.15) is 20.0 Å². The van der Waals surface area contributed by atoms with Crippen LogP contribution in [0, 0.1) is 11.3 Å². The van der Waals surface area contributed by atoms with Gasteiger partial charge in [-0.05, 0) is 36.9 Å². The lowest BCUT2D eigenvalue weighted by Crippen LogP contribution is -2.07. The summed E-state index contributed by atoms with van der Waals surface area (Å²) in [5, 5.41) is 14.8. The van der Waals surface area contributed by atoms with E-state index in [0.717, 1.165) is 0 Å². The van der Waals surface area contributed by atoms with E-state index in [4.69, 9.17) is 22.1 Å². The SMILES string of the molecule is CCc1nn(-c2cc(Oc3ccc(Cl)cc3)nc(SC)n2)c(N)c1C#N. The van der Waals surface area contributed by atoms with Gasteiger partial charge in [-0.3, -0.25) is 0 Å². The molecule has 26 heavy (non-hydrogen) atoms. The minimum absolute atomic E-state index is 0.243. The van der Waals surface area contributed by atoms with Gasteiger partial charge in [-0.1, -0.05) is 30.3 Å². The number of rotatable bonds is 5. The molecule has 2 N–H and O–H groups in total. The third kappa shape index (κ3) is 3.59. The first-order valence-corrected chi connectivity index (χ1v) is 9.30. The molecule has 3 rings (SSSR count). The van der Waals surface area contributed by atoms with Gasteiger partial charge < -0.3 is 10.5 Å². The molecule has 7 nitrogen and oxygen atoms in total. The van der Waals surface area contributed by atoms with Gasteiger partial charge in [0, 0.05) is 11.1 Å². The molecule has 0 saturated heterocycles. The third-order valence-electron chi connectivity index (χ3n) is 3.54. The average molecular weight is 387 g/mol. The molecule has 9 heteroatoms. The van der Waals surface area contributed by atoms with Crippen molar-refractivity contribution in [2.75, 3.05) is 12.0 Å². The minimum atomic E-state index is 0.243. The maximum Gasteiger partial charge on any atom is 0.225 e. The molecule has 0 fully saturated rings. The molecule has 2 aromatic heterocycles. The highest BCUT2D eigenvalue weighted by Crippen LogP contribution is 2.27.